The number of carbonyl (C=O) groups excluding carboxylic acids is 1. The summed E-state index contributed by atoms with van der Waals surface area (Å²) in [5, 5.41) is 6.86. The van der Waals surface area contributed by atoms with E-state index in [1.165, 1.54) is 11.3 Å². The molecule has 3 rings (SSSR count). The number of ether oxygens (including phenoxy) is 1. The van der Waals surface area contributed by atoms with Crippen molar-refractivity contribution in [3.63, 3.8) is 0 Å². The molecule has 118 valence electrons. The number of methoxy groups -OCH3 is 1. The minimum Gasteiger partial charge on any atom is -0.495 e. The van der Waals surface area contributed by atoms with Gasteiger partial charge in [-0.05, 0) is 31.2 Å². The molecule has 0 bridgehead atoms. The zero-order valence-electron chi connectivity index (χ0n) is 12.8. The van der Waals surface area contributed by atoms with Gasteiger partial charge in [-0.15, -0.1) is 11.3 Å². The summed E-state index contributed by atoms with van der Waals surface area (Å²) in [5.41, 5.74) is 1.85. The van der Waals surface area contributed by atoms with E-state index in [0.29, 0.717) is 15.8 Å². The van der Waals surface area contributed by atoms with E-state index in [2.05, 4.69) is 5.10 Å². The number of nitrogens with zero attached hydrogens (tertiary/aromatic N) is 3. The molecule has 2 aromatic heterocycles. The first-order valence-electron chi connectivity index (χ1n) is 7.16. The van der Waals surface area contributed by atoms with Crippen LogP contribution in [0.1, 0.15) is 39.8 Å². The lowest BCUT2D eigenvalue weighted by atomic mass is 10.1. The van der Waals surface area contributed by atoms with Gasteiger partial charge in [0.15, 0.2) is 0 Å². The Hall–Kier alpha value is -1.53. The highest BCUT2D eigenvalue weighted by molar-refractivity contribution is 7.12. The van der Waals surface area contributed by atoms with Crippen LogP contribution in [0.3, 0.4) is 0 Å². The highest BCUT2D eigenvalue weighted by atomic mass is 35.5. The fourth-order valence-electron chi connectivity index (χ4n) is 3.08. The van der Waals surface area contributed by atoms with Crippen LogP contribution in [0.4, 0.5) is 0 Å². The Kier molecular flexibility index (Phi) is 4.14. The zero-order valence-corrected chi connectivity index (χ0v) is 14.4. The molecule has 1 unspecified atom stereocenters. The summed E-state index contributed by atoms with van der Waals surface area (Å²) in [6.07, 6.45) is 1.88. The summed E-state index contributed by atoms with van der Waals surface area (Å²) in [6.45, 7) is 2.67. The van der Waals surface area contributed by atoms with Gasteiger partial charge in [0.25, 0.3) is 5.91 Å². The maximum absolute atomic E-state index is 12.9. The number of aryl methyl sites for hydroxylation is 2. The van der Waals surface area contributed by atoms with E-state index in [9.17, 15) is 4.79 Å². The number of carbonyl (C=O) groups is 1. The van der Waals surface area contributed by atoms with E-state index in [-0.39, 0.29) is 11.9 Å². The van der Waals surface area contributed by atoms with Gasteiger partial charge < -0.3 is 9.64 Å². The van der Waals surface area contributed by atoms with E-state index < -0.39 is 0 Å². The van der Waals surface area contributed by atoms with E-state index >= 15 is 0 Å². The van der Waals surface area contributed by atoms with Crippen LogP contribution in [0.2, 0.25) is 5.15 Å². The number of rotatable bonds is 3. The van der Waals surface area contributed by atoms with Crippen LogP contribution in [0.25, 0.3) is 0 Å². The van der Waals surface area contributed by atoms with Crippen LogP contribution in [0.15, 0.2) is 11.4 Å². The predicted octanol–water partition coefficient (Wildman–Crippen LogP) is 3.43. The average molecular weight is 340 g/mol. The molecular weight excluding hydrogens is 322 g/mol. The number of likely N-dealkylation sites (tertiary alicyclic amines) is 1. The van der Waals surface area contributed by atoms with Crippen molar-refractivity contribution >= 4 is 28.8 Å². The second-order valence-corrected chi connectivity index (χ2v) is 6.66. The lowest BCUT2D eigenvalue weighted by Gasteiger charge is -2.24. The first-order chi connectivity index (χ1) is 10.5. The van der Waals surface area contributed by atoms with E-state index in [4.69, 9.17) is 16.3 Å². The molecule has 2 aromatic rings. The topological polar surface area (TPSA) is 47.4 Å². The van der Waals surface area contributed by atoms with Gasteiger partial charge in [0.2, 0.25) is 0 Å². The van der Waals surface area contributed by atoms with Gasteiger partial charge in [0.1, 0.15) is 15.8 Å². The fraction of sp³-hybridized carbons (Fsp3) is 0.467. The maximum atomic E-state index is 12.9. The zero-order chi connectivity index (χ0) is 15.9. The summed E-state index contributed by atoms with van der Waals surface area (Å²) in [5.74, 6) is 0.642. The van der Waals surface area contributed by atoms with Crippen molar-refractivity contribution < 1.29 is 9.53 Å². The smallest absolute Gasteiger partial charge is 0.268 e. The Balaban J connectivity index is 1.95. The molecule has 7 heteroatoms. The van der Waals surface area contributed by atoms with Gasteiger partial charge in [-0.25, -0.2) is 0 Å². The quantitative estimate of drug-likeness (QED) is 0.860. The lowest BCUT2D eigenvalue weighted by molar-refractivity contribution is 0.0737. The van der Waals surface area contributed by atoms with E-state index in [1.807, 2.05) is 30.3 Å². The molecule has 1 aliphatic rings. The van der Waals surface area contributed by atoms with Crippen molar-refractivity contribution in [1.82, 2.24) is 14.7 Å². The molecule has 0 aromatic carbocycles. The lowest BCUT2D eigenvalue weighted by Crippen LogP contribution is -2.30. The van der Waals surface area contributed by atoms with Gasteiger partial charge in [0, 0.05) is 19.2 Å². The van der Waals surface area contributed by atoms with Crippen molar-refractivity contribution in [2.45, 2.75) is 25.8 Å². The summed E-state index contributed by atoms with van der Waals surface area (Å²) < 4.78 is 6.94. The van der Waals surface area contributed by atoms with Crippen LogP contribution >= 0.6 is 22.9 Å². The van der Waals surface area contributed by atoms with Crippen molar-refractivity contribution in [2.75, 3.05) is 13.7 Å². The third-order valence-corrected chi connectivity index (χ3v) is 5.42. The largest absolute Gasteiger partial charge is 0.495 e. The van der Waals surface area contributed by atoms with Gasteiger partial charge >= 0.3 is 0 Å². The summed E-state index contributed by atoms with van der Waals surface area (Å²) in [6, 6.07) is 1.81. The number of amides is 1. The molecule has 0 saturated carbocycles. The number of thiophene rings is 1. The molecular formula is C15H18ClN3O2S. The summed E-state index contributed by atoms with van der Waals surface area (Å²) in [4.78, 5) is 15.4. The average Bonchev–Trinajstić information content (AvgIpc) is 3.19. The third kappa shape index (κ3) is 2.40. The molecule has 1 amide bonds. The van der Waals surface area contributed by atoms with Crippen molar-refractivity contribution in [2.24, 2.45) is 7.05 Å². The fourth-order valence-corrected chi connectivity index (χ4v) is 4.19. The monoisotopic (exact) mass is 339 g/mol. The number of hydrogen-bond acceptors (Lipinski definition) is 4. The maximum Gasteiger partial charge on any atom is 0.268 e. The first kappa shape index (κ1) is 15.4. The van der Waals surface area contributed by atoms with E-state index in [0.717, 1.165) is 30.6 Å². The summed E-state index contributed by atoms with van der Waals surface area (Å²) in [7, 11) is 3.41. The van der Waals surface area contributed by atoms with E-state index in [1.54, 1.807) is 11.8 Å². The normalized spacial score (nSPS) is 18.0. The minimum atomic E-state index is -0.0134. The van der Waals surface area contributed by atoms with Crippen molar-refractivity contribution in [3.05, 3.63) is 32.7 Å². The summed E-state index contributed by atoms with van der Waals surface area (Å²) >= 11 is 7.80. The van der Waals surface area contributed by atoms with Crippen LogP contribution in [-0.4, -0.2) is 34.2 Å². The molecule has 3 heterocycles. The SMILES string of the molecule is COc1ccsc1C(=O)N1CCCC1c1c(C)nn(C)c1Cl. The van der Waals surface area contributed by atoms with Gasteiger partial charge in [-0.1, -0.05) is 11.6 Å². The Bertz CT molecular complexity index is 710. The molecule has 0 radical (unpaired) electrons. The highest BCUT2D eigenvalue weighted by Gasteiger charge is 2.35. The molecule has 0 N–H and O–H groups in total. The molecule has 1 saturated heterocycles. The minimum absolute atomic E-state index is 0.00803. The molecule has 0 spiro atoms. The van der Waals surface area contributed by atoms with Crippen LogP contribution in [0.5, 0.6) is 5.75 Å². The second-order valence-electron chi connectivity index (χ2n) is 5.39. The molecule has 1 fully saturated rings. The Morgan fingerprint density at radius 1 is 1.55 bits per heavy atom. The first-order valence-corrected chi connectivity index (χ1v) is 8.41. The van der Waals surface area contributed by atoms with Gasteiger partial charge in [0.05, 0.1) is 18.8 Å². The van der Waals surface area contributed by atoms with Gasteiger partial charge in [-0.3, -0.25) is 9.48 Å². The molecule has 1 atom stereocenters. The Labute approximate surface area is 138 Å². The number of hydrogen-bond donors (Lipinski definition) is 0. The number of aromatic nitrogens is 2. The Morgan fingerprint density at radius 2 is 2.32 bits per heavy atom. The number of halogens is 1. The van der Waals surface area contributed by atoms with Crippen LogP contribution in [-0.2, 0) is 7.05 Å². The third-order valence-electron chi connectivity index (χ3n) is 4.09. The van der Waals surface area contributed by atoms with Gasteiger partial charge in [-0.2, -0.15) is 5.10 Å². The highest BCUT2D eigenvalue weighted by Crippen LogP contribution is 2.39. The Morgan fingerprint density at radius 3 is 2.95 bits per heavy atom. The molecule has 1 aliphatic heterocycles. The van der Waals surface area contributed by atoms with Crippen LogP contribution < -0.4 is 4.74 Å². The van der Waals surface area contributed by atoms with Crippen LogP contribution in [0, 0.1) is 6.92 Å². The predicted molar refractivity (Wildman–Crippen MR) is 86.8 cm³/mol. The second kappa shape index (κ2) is 5.93. The van der Waals surface area contributed by atoms with Crippen molar-refractivity contribution in [1.29, 1.82) is 0 Å². The molecule has 0 aliphatic carbocycles. The standard InChI is InChI=1S/C15H18ClN3O2S/c1-9-12(14(16)18(2)17-9)10-5-4-7-19(10)15(20)13-11(21-3)6-8-22-13/h6,8,10H,4-5,7H2,1-3H3. The van der Waals surface area contributed by atoms with Crippen molar-refractivity contribution in [3.8, 4) is 5.75 Å². The molecule has 5 nitrogen and oxygen atoms in total. The molecule has 22 heavy (non-hydrogen) atoms.